The summed E-state index contributed by atoms with van der Waals surface area (Å²) in [5, 5.41) is 54.1. The quantitative estimate of drug-likeness (QED) is 0.0196. The standard InChI is InChI=1S/C58H105NO10/c1-3-5-7-9-11-13-14-22-26-30-34-38-42-46-54(63)67-47-43-39-35-31-27-24-21-19-17-15-16-18-20-23-25-29-33-37-41-45-53(62)59-50(51(61)44-40-36-32-28-12-10-8-6-4-2)49-68-58-57(66)56(65)55(64)52(48-60)69-58/h7,9,13-16,40,44,50-52,55-58,60-61,64-66H,3-6,8,10-12,17-39,41-43,45-49H2,1-2H3,(H,59,62)/b9-7-,14-13-,16-15-,44-40+. The first-order chi connectivity index (χ1) is 33.7. The van der Waals surface area contributed by atoms with Crippen molar-refractivity contribution in [1.29, 1.82) is 0 Å². The van der Waals surface area contributed by atoms with Gasteiger partial charge in [-0.1, -0.05) is 197 Å². The molecule has 1 heterocycles. The molecule has 0 saturated carbocycles. The van der Waals surface area contributed by atoms with Crippen molar-refractivity contribution >= 4 is 11.9 Å². The van der Waals surface area contributed by atoms with Gasteiger partial charge in [0.05, 0.1) is 32.0 Å². The lowest BCUT2D eigenvalue weighted by Crippen LogP contribution is -2.60. The highest BCUT2D eigenvalue weighted by Crippen LogP contribution is 2.23. The summed E-state index contributed by atoms with van der Waals surface area (Å²) < 4.78 is 16.6. The molecule has 0 aromatic heterocycles. The maximum atomic E-state index is 13.0. The molecular weight excluding hydrogens is 871 g/mol. The summed E-state index contributed by atoms with van der Waals surface area (Å²) >= 11 is 0. The van der Waals surface area contributed by atoms with Gasteiger partial charge in [0.25, 0.3) is 0 Å². The number of carbonyl (C=O) groups is 2. The normalized spacial score (nSPS) is 19.7. The van der Waals surface area contributed by atoms with Crippen LogP contribution in [0.2, 0.25) is 0 Å². The van der Waals surface area contributed by atoms with Crippen molar-refractivity contribution in [2.75, 3.05) is 19.8 Å². The Kier molecular flexibility index (Phi) is 44.9. The molecule has 7 atom stereocenters. The molecule has 1 rings (SSSR count). The topological polar surface area (TPSA) is 175 Å². The number of esters is 1. The molecule has 1 aliphatic heterocycles. The largest absolute Gasteiger partial charge is 0.466 e. The first-order valence-electron chi connectivity index (χ1n) is 28.4. The van der Waals surface area contributed by atoms with Crippen molar-refractivity contribution in [1.82, 2.24) is 5.32 Å². The molecule has 0 bridgehead atoms. The van der Waals surface area contributed by atoms with E-state index >= 15 is 0 Å². The number of rotatable bonds is 48. The Bertz CT molecular complexity index is 1290. The van der Waals surface area contributed by atoms with Crippen molar-refractivity contribution in [3.8, 4) is 0 Å². The maximum absolute atomic E-state index is 13.0. The highest BCUT2D eigenvalue weighted by Gasteiger charge is 2.44. The fourth-order valence-electron chi connectivity index (χ4n) is 8.58. The van der Waals surface area contributed by atoms with Crippen molar-refractivity contribution in [2.45, 2.75) is 288 Å². The Labute approximate surface area is 421 Å². The number of ether oxygens (including phenoxy) is 3. The molecule has 7 unspecified atom stereocenters. The van der Waals surface area contributed by atoms with E-state index in [-0.39, 0.29) is 18.5 Å². The fourth-order valence-corrected chi connectivity index (χ4v) is 8.58. The Morgan fingerprint density at radius 1 is 0.536 bits per heavy atom. The summed E-state index contributed by atoms with van der Waals surface area (Å²) in [6.45, 7) is 4.21. The van der Waals surface area contributed by atoms with E-state index in [1.54, 1.807) is 6.08 Å². The number of aliphatic hydroxyl groups is 5. The van der Waals surface area contributed by atoms with Gasteiger partial charge in [0.15, 0.2) is 6.29 Å². The van der Waals surface area contributed by atoms with Gasteiger partial charge < -0.3 is 45.1 Å². The van der Waals surface area contributed by atoms with Crippen LogP contribution in [0.4, 0.5) is 0 Å². The van der Waals surface area contributed by atoms with Crippen LogP contribution in [-0.2, 0) is 23.8 Å². The zero-order valence-corrected chi connectivity index (χ0v) is 44.0. The average Bonchev–Trinajstić information content (AvgIpc) is 3.34. The molecule has 6 N–H and O–H groups in total. The van der Waals surface area contributed by atoms with Crippen molar-refractivity contribution < 1.29 is 49.3 Å². The van der Waals surface area contributed by atoms with E-state index in [9.17, 15) is 35.1 Å². The summed E-state index contributed by atoms with van der Waals surface area (Å²) in [5.74, 6) is -0.222. The minimum absolute atomic E-state index is 0.0271. The second-order valence-corrected chi connectivity index (χ2v) is 19.6. The number of aliphatic hydroxyl groups excluding tert-OH is 5. The molecule has 0 aliphatic carbocycles. The molecule has 0 aromatic carbocycles. The third kappa shape index (κ3) is 38.0. The van der Waals surface area contributed by atoms with Gasteiger partial charge in [-0.2, -0.15) is 0 Å². The van der Waals surface area contributed by atoms with Crippen molar-refractivity contribution in [3.63, 3.8) is 0 Å². The summed E-state index contributed by atoms with van der Waals surface area (Å²) in [5.41, 5.74) is 0. The van der Waals surface area contributed by atoms with Gasteiger partial charge in [0, 0.05) is 12.8 Å². The van der Waals surface area contributed by atoms with Gasteiger partial charge in [-0.25, -0.2) is 0 Å². The molecule has 1 fully saturated rings. The first-order valence-corrected chi connectivity index (χ1v) is 28.4. The second kappa shape index (κ2) is 47.9. The number of allylic oxidation sites excluding steroid dienone is 7. The molecular formula is C58H105NO10. The van der Waals surface area contributed by atoms with Crippen LogP contribution in [0.15, 0.2) is 48.6 Å². The Hall–Kier alpha value is -2.38. The molecule has 402 valence electrons. The number of hydrogen-bond acceptors (Lipinski definition) is 10. The third-order valence-corrected chi connectivity index (χ3v) is 13.1. The van der Waals surface area contributed by atoms with Crippen LogP contribution in [0.1, 0.15) is 245 Å². The predicted octanol–water partition coefficient (Wildman–Crippen LogP) is 12.5. The van der Waals surface area contributed by atoms with Crippen LogP contribution in [-0.4, -0.2) is 100 Å². The minimum atomic E-state index is -1.57. The summed E-state index contributed by atoms with van der Waals surface area (Å²) in [6, 6.07) is -0.816. The Balaban J connectivity index is 2.06. The number of carbonyl (C=O) groups excluding carboxylic acids is 2. The number of hydrogen-bond donors (Lipinski definition) is 6. The lowest BCUT2D eigenvalue weighted by molar-refractivity contribution is -0.302. The molecule has 1 saturated heterocycles. The van der Waals surface area contributed by atoms with Gasteiger partial charge in [0.1, 0.15) is 24.4 Å². The highest BCUT2D eigenvalue weighted by molar-refractivity contribution is 5.76. The molecule has 0 spiro atoms. The smallest absolute Gasteiger partial charge is 0.305 e. The van der Waals surface area contributed by atoms with E-state index in [1.165, 1.54) is 122 Å². The van der Waals surface area contributed by atoms with Crippen LogP contribution in [0.3, 0.4) is 0 Å². The molecule has 1 amide bonds. The van der Waals surface area contributed by atoms with Crippen LogP contribution in [0.5, 0.6) is 0 Å². The van der Waals surface area contributed by atoms with E-state index in [0.717, 1.165) is 96.3 Å². The Morgan fingerprint density at radius 3 is 1.54 bits per heavy atom. The summed E-state index contributed by atoms with van der Waals surface area (Å²) in [6.07, 6.45) is 49.2. The van der Waals surface area contributed by atoms with Gasteiger partial charge in [-0.05, 0) is 83.5 Å². The third-order valence-electron chi connectivity index (χ3n) is 13.1. The van der Waals surface area contributed by atoms with Gasteiger partial charge in [-0.15, -0.1) is 0 Å². The van der Waals surface area contributed by atoms with Crippen LogP contribution in [0, 0.1) is 0 Å². The number of amides is 1. The van der Waals surface area contributed by atoms with Crippen LogP contribution in [0.25, 0.3) is 0 Å². The monoisotopic (exact) mass is 976 g/mol. The van der Waals surface area contributed by atoms with E-state index < -0.39 is 49.5 Å². The summed E-state index contributed by atoms with van der Waals surface area (Å²) in [4.78, 5) is 25.0. The van der Waals surface area contributed by atoms with E-state index in [4.69, 9.17) is 14.2 Å². The Morgan fingerprint density at radius 2 is 1.00 bits per heavy atom. The lowest BCUT2D eigenvalue weighted by atomic mass is 9.99. The predicted molar refractivity (Wildman–Crippen MR) is 283 cm³/mol. The maximum Gasteiger partial charge on any atom is 0.305 e. The first kappa shape index (κ1) is 64.6. The SMILES string of the molecule is CCC/C=C\C/C=C\CCCCCCCC(=O)OCCCCCCCCCC/C=C\CCCCCCCCCC(=O)NC(COC1OC(CO)C(O)C(O)C1O)C(O)/C=C/CCCCCCCCC. The van der Waals surface area contributed by atoms with E-state index in [1.807, 2.05) is 6.08 Å². The molecule has 11 nitrogen and oxygen atoms in total. The average molecular weight is 976 g/mol. The van der Waals surface area contributed by atoms with E-state index in [2.05, 4.69) is 55.6 Å². The van der Waals surface area contributed by atoms with Crippen molar-refractivity contribution in [2.24, 2.45) is 0 Å². The molecule has 1 aliphatic rings. The molecule has 69 heavy (non-hydrogen) atoms. The number of nitrogens with one attached hydrogen (secondary N) is 1. The van der Waals surface area contributed by atoms with E-state index in [0.29, 0.717) is 19.4 Å². The number of unbranched alkanes of at least 4 members (excludes halogenated alkanes) is 28. The molecule has 0 aromatic rings. The van der Waals surface area contributed by atoms with Crippen LogP contribution < -0.4 is 5.32 Å². The zero-order valence-electron chi connectivity index (χ0n) is 44.0. The van der Waals surface area contributed by atoms with Crippen LogP contribution >= 0.6 is 0 Å². The minimum Gasteiger partial charge on any atom is -0.466 e. The van der Waals surface area contributed by atoms with Gasteiger partial charge in [-0.3, -0.25) is 9.59 Å². The van der Waals surface area contributed by atoms with Gasteiger partial charge >= 0.3 is 5.97 Å². The van der Waals surface area contributed by atoms with Gasteiger partial charge in [0.2, 0.25) is 5.91 Å². The summed E-state index contributed by atoms with van der Waals surface area (Å²) in [7, 11) is 0. The lowest BCUT2D eigenvalue weighted by Gasteiger charge is -2.40. The molecule has 0 radical (unpaired) electrons. The zero-order chi connectivity index (χ0) is 50.3. The highest BCUT2D eigenvalue weighted by atomic mass is 16.7. The molecule has 11 heteroatoms. The van der Waals surface area contributed by atoms with Crippen molar-refractivity contribution in [3.05, 3.63) is 48.6 Å². The second-order valence-electron chi connectivity index (χ2n) is 19.6. The fraction of sp³-hybridized carbons (Fsp3) is 0.828.